The molecule has 0 bridgehead atoms. The molecule has 2 heteroatoms. The van der Waals surface area contributed by atoms with Crippen LogP contribution in [-0.2, 0) is 12.8 Å². The largest absolute Gasteiger partial charge is 0.324 e. The number of nitrogens with two attached hydrogens (primary N) is 1. The second kappa shape index (κ2) is 4.19. The average Bonchev–Trinajstić information content (AvgIpc) is 2.98. The van der Waals surface area contributed by atoms with Crippen LogP contribution in [0.3, 0.4) is 0 Å². The standard InChI is InChI=1S/C14H20N2/c15-14(13-6-7-16-9-13)12-5-4-10-2-1-3-11(10)8-12/h4-5,8,13-14,16H,1-3,6-7,9,15H2. The van der Waals surface area contributed by atoms with E-state index in [1.165, 1.54) is 31.2 Å². The highest BCUT2D eigenvalue weighted by Crippen LogP contribution is 2.29. The highest BCUT2D eigenvalue weighted by Gasteiger charge is 2.23. The lowest BCUT2D eigenvalue weighted by Gasteiger charge is -2.19. The molecule has 16 heavy (non-hydrogen) atoms. The minimum Gasteiger partial charge on any atom is -0.324 e. The van der Waals surface area contributed by atoms with E-state index in [1.54, 1.807) is 11.1 Å². The molecule has 1 aliphatic carbocycles. The molecule has 1 saturated heterocycles. The molecule has 1 aromatic rings. The van der Waals surface area contributed by atoms with Crippen LogP contribution in [0.15, 0.2) is 18.2 Å². The smallest absolute Gasteiger partial charge is 0.0336 e. The van der Waals surface area contributed by atoms with Gasteiger partial charge in [0.2, 0.25) is 0 Å². The SMILES string of the molecule is NC(c1ccc2c(c1)CCC2)C1CCNC1. The maximum absolute atomic E-state index is 6.35. The maximum Gasteiger partial charge on any atom is 0.0336 e. The predicted molar refractivity (Wildman–Crippen MR) is 66.4 cm³/mol. The molecular weight excluding hydrogens is 196 g/mol. The topological polar surface area (TPSA) is 38.0 Å². The summed E-state index contributed by atoms with van der Waals surface area (Å²) < 4.78 is 0. The lowest BCUT2D eigenvalue weighted by Crippen LogP contribution is -2.23. The summed E-state index contributed by atoms with van der Waals surface area (Å²) in [6.45, 7) is 2.21. The van der Waals surface area contributed by atoms with Gasteiger partial charge in [0.25, 0.3) is 0 Å². The van der Waals surface area contributed by atoms with Crippen LogP contribution in [0.25, 0.3) is 0 Å². The van der Waals surface area contributed by atoms with Crippen molar-refractivity contribution in [3.8, 4) is 0 Å². The van der Waals surface area contributed by atoms with Gasteiger partial charge in [0.1, 0.15) is 0 Å². The summed E-state index contributed by atoms with van der Waals surface area (Å²) in [5.74, 6) is 0.624. The Morgan fingerprint density at radius 2 is 2.12 bits per heavy atom. The Bertz CT molecular complexity index is 380. The fourth-order valence-electron chi connectivity index (χ4n) is 3.05. The normalized spacial score (nSPS) is 25.7. The molecule has 0 amide bonds. The monoisotopic (exact) mass is 216 g/mol. The first-order valence-electron chi connectivity index (χ1n) is 6.42. The van der Waals surface area contributed by atoms with Gasteiger partial charge >= 0.3 is 0 Å². The van der Waals surface area contributed by atoms with Gasteiger partial charge in [-0.2, -0.15) is 0 Å². The predicted octanol–water partition coefficient (Wildman–Crippen LogP) is 1.78. The van der Waals surface area contributed by atoms with E-state index in [0.29, 0.717) is 5.92 Å². The Labute approximate surface area is 97.2 Å². The van der Waals surface area contributed by atoms with E-state index in [9.17, 15) is 0 Å². The van der Waals surface area contributed by atoms with Gasteiger partial charge < -0.3 is 11.1 Å². The third kappa shape index (κ3) is 1.76. The molecule has 1 heterocycles. The molecule has 0 spiro atoms. The molecule has 2 atom stereocenters. The van der Waals surface area contributed by atoms with E-state index < -0.39 is 0 Å². The van der Waals surface area contributed by atoms with E-state index in [1.807, 2.05) is 0 Å². The fourth-order valence-corrected chi connectivity index (χ4v) is 3.05. The van der Waals surface area contributed by atoms with Crippen molar-refractivity contribution >= 4 is 0 Å². The van der Waals surface area contributed by atoms with Crippen LogP contribution in [0.4, 0.5) is 0 Å². The van der Waals surface area contributed by atoms with E-state index in [-0.39, 0.29) is 6.04 Å². The second-order valence-electron chi connectivity index (χ2n) is 5.16. The van der Waals surface area contributed by atoms with Crippen molar-refractivity contribution in [2.45, 2.75) is 31.7 Å². The molecule has 3 rings (SSSR count). The highest BCUT2D eigenvalue weighted by atomic mass is 14.9. The van der Waals surface area contributed by atoms with Gasteiger partial charge in [-0.25, -0.2) is 0 Å². The van der Waals surface area contributed by atoms with Crippen molar-refractivity contribution in [3.63, 3.8) is 0 Å². The quantitative estimate of drug-likeness (QED) is 0.791. The van der Waals surface area contributed by atoms with E-state index in [0.717, 1.165) is 13.1 Å². The van der Waals surface area contributed by atoms with E-state index >= 15 is 0 Å². The molecule has 2 nitrogen and oxygen atoms in total. The summed E-state index contributed by atoms with van der Waals surface area (Å²) >= 11 is 0. The van der Waals surface area contributed by atoms with Gasteiger partial charge in [0.05, 0.1) is 0 Å². The first-order valence-corrected chi connectivity index (χ1v) is 6.42. The van der Waals surface area contributed by atoms with Crippen molar-refractivity contribution in [3.05, 3.63) is 34.9 Å². The zero-order chi connectivity index (χ0) is 11.0. The van der Waals surface area contributed by atoms with Gasteiger partial charge in [0, 0.05) is 6.04 Å². The third-order valence-corrected chi connectivity index (χ3v) is 4.11. The number of nitrogens with one attached hydrogen (secondary N) is 1. The van der Waals surface area contributed by atoms with Crippen LogP contribution in [-0.4, -0.2) is 13.1 Å². The van der Waals surface area contributed by atoms with Gasteiger partial charge in [-0.05, 0) is 61.4 Å². The second-order valence-corrected chi connectivity index (χ2v) is 5.16. The number of fused-ring (bicyclic) bond motifs is 1. The summed E-state index contributed by atoms with van der Waals surface area (Å²) in [6, 6.07) is 7.11. The molecule has 2 aliphatic rings. The molecular formula is C14H20N2. The number of aryl methyl sites for hydroxylation is 2. The highest BCUT2D eigenvalue weighted by molar-refractivity contribution is 5.36. The minimum atomic E-state index is 0.223. The Morgan fingerprint density at radius 1 is 1.25 bits per heavy atom. The molecule has 1 aromatic carbocycles. The van der Waals surface area contributed by atoms with Crippen LogP contribution in [0.2, 0.25) is 0 Å². The van der Waals surface area contributed by atoms with Crippen LogP contribution < -0.4 is 11.1 Å². The first-order chi connectivity index (χ1) is 7.84. The van der Waals surface area contributed by atoms with Crippen LogP contribution in [0.1, 0.15) is 35.6 Å². The fraction of sp³-hybridized carbons (Fsp3) is 0.571. The first kappa shape index (κ1) is 10.3. The van der Waals surface area contributed by atoms with Crippen molar-refractivity contribution in [1.29, 1.82) is 0 Å². The van der Waals surface area contributed by atoms with Crippen molar-refractivity contribution in [1.82, 2.24) is 5.32 Å². The van der Waals surface area contributed by atoms with Gasteiger partial charge in [-0.1, -0.05) is 18.2 Å². The minimum absolute atomic E-state index is 0.223. The average molecular weight is 216 g/mol. The lowest BCUT2D eigenvalue weighted by atomic mass is 9.91. The number of hydrogen-bond donors (Lipinski definition) is 2. The molecule has 1 aliphatic heterocycles. The Balaban J connectivity index is 1.83. The summed E-state index contributed by atoms with van der Waals surface area (Å²) in [6.07, 6.45) is 5.05. The van der Waals surface area contributed by atoms with E-state index in [2.05, 4.69) is 23.5 Å². The Kier molecular flexibility index (Phi) is 2.70. The molecule has 2 unspecified atom stereocenters. The third-order valence-electron chi connectivity index (χ3n) is 4.11. The number of hydrogen-bond acceptors (Lipinski definition) is 2. The summed E-state index contributed by atoms with van der Waals surface area (Å²) in [5, 5.41) is 3.40. The summed E-state index contributed by atoms with van der Waals surface area (Å²) in [4.78, 5) is 0. The Morgan fingerprint density at radius 3 is 2.94 bits per heavy atom. The van der Waals surface area contributed by atoms with Crippen LogP contribution in [0, 0.1) is 5.92 Å². The molecule has 0 aromatic heterocycles. The number of benzene rings is 1. The van der Waals surface area contributed by atoms with Gasteiger partial charge in [0.15, 0.2) is 0 Å². The van der Waals surface area contributed by atoms with Crippen molar-refractivity contribution < 1.29 is 0 Å². The summed E-state index contributed by atoms with van der Waals surface area (Å²) in [5.41, 5.74) is 10.8. The van der Waals surface area contributed by atoms with E-state index in [4.69, 9.17) is 5.73 Å². The lowest BCUT2D eigenvalue weighted by molar-refractivity contribution is 0.470. The molecule has 1 fully saturated rings. The van der Waals surface area contributed by atoms with Crippen LogP contribution in [0.5, 0.6) is 0 Å². The molecule has 3 N–H and O–H groups in total. The molecule has 86 valence electrons. The number of rotatable bonds is 2. The zero-order valence-corrected chi connectivity index (χ0v) is 9.71. The molecule has 0 radical (unpaired) electrons. The van der Waals surface area contributed by atoms with Gasteiger partial charge in [-0.3, -0.25) is 0 Å². The summed E-state index contributed by atoms with van der Waals surface area (Å²) in [7, 11) is 0. The molecule has 0 saturated carbocycles. The zero-order valence-electron chi connectivity index (χ0n) is 9.71. The van der Waals surface area contributed by atoms with Crippen molar-refractivity contribution in [2.24, 2.45) is 11.7 Å². The Hall–Kier alpha value is -0.860. The van der Waals surface area contributed by atoms with Crippen molar-refractivity contribution in [2.75, 3.05) is 13.1 Å². The van der Waals surface area contributed by atoms with Gasteiger partial charge in [-0.15, -0.1) is 0 Å². The maximum atomic E-state index is 6.35. The van der Waals surface area contributed by atoms with Crippen LogP contribution >= 0.6 is 0 Å².